The molecule has 1 aromatic rings. The molecule has 0 amide bonds. The Bertz CT molecular complexity index is 404. The lowest BCUT2D eigenvalue weighted by atomic mass is 9.90. The van der Waals surface area contributed by atoms with Crippen molar-refractivity contribution in [2.24, 2.45) is 0 Å². The lowest BCUT2D eigenvalue weighted by Gasteiger charge is -2.16. The van der Waals surface area contributed by atoms with Gasteiger partial charge in [-0.1, -0.05) is 0 Å². The first kappa shape index (κ1) is 12.7. The van der Waals surface area contributed by atoms with Crippen LogP contribution in [0, 0.1) is 27.7 Å². The van der Waals surface area contributed by atoms with Crippen molar-refractivity contribution in [3.8, 4) is 5.75 Å². The maximum absolute atomic E-state index is 11.9. The van der Waals surface area contributed by atoms with Gasteiger partial charge in [-0.05, 0) is 49.9 Å². The monoisotopic (exact) mass is 222 g/mol. The van der Waals surface area contributed by atoms with Gasteiger partial charge in [-0.3, -0.25) is 4.79 Å². The fourth-order valence-electron chi connectivity index (χ4n) is 1.94. The number of aliphatic hydroxyl groups excluding tert-OH is 1. The molecule has 0 radical (unpaired) electrons. The number of ketones is 1. The third-order valence-corrected chi connectivity index (χ3v) is 3.20. The standard InChI is InChI=1S/C13H18O3/c1-7-9(3)13(16)10(4)8(2)12(7)11(15)5-6-14/h14,16H,5-6H2,1-4H3. The Morgan fingerprint density at radius 2 is 1.44 bits per heavy atom. The highest BCUT2D eigenvalue weighted by molar-refractivity contribution is 5.99. The molecule has 3 nitrogen and oxygen atoms in total. The van der Waals surface area contributed by atoms with Crippen LogP contribution in [0.5, 0.6) is 5.75 Å². The molecule has 0 aromatic heterocycles. The van der Waals surface area contributed by atoms with Crippen LogP contribution in [0.25, 0.3) is 0 Å². The highest BCUT2D eigenvalue weighted by atomic mass is 16.3. The lowest BCUT2D eigenvalue weighted by Crippen LogP contribution is -2.09. The number of carbonyl (C=O) groups excluding carboxylic acids is 1. The van der Waals surface area contributed by atoms with Crippen LogP contribution < -0.4 is 0 Å². The summed E-state index contributed by atoms with van der Waals surface area (Å²) < 4.78 is 0. The zero-order valence-electron chi connectivity index (χ0n) is 10.2. The maximum Gasteiger partial charge on any atom is 0.165 e. The van der Waals surface area contributed by atoms with Crippen LogP contribution in [-0.4, -0.2) is 22.6 Å². The van der Waals surface area contributed by atoms with Crippen molar-refractivity contribution in [3.05, 3.63) is 27.8 Å². The van der Waals surface area contributed by atoms with Crippen LogP contribution in [0.2, 0.25) is 0 Å². The third-order valence-electron chi connectivity index (χ3n) is 3.20. The molecule has 0 aliphatic rings. The van der Waals surface area contributed by atoms with Gasteiger partial charge in [-0.25, -0.2) is 0 Å². The number of carbonyl (C=O) groups is 1. The minimum Gasteiger partial charge on any atom is -0.507 e. The minimum absolute atomic E-state index is 0.0660. The van der Waals surface area contributed by atoms with Gasteiger partial charge in [0.25, 0.3) is 0 Å². The molecular weight excluding hydrogens is 204 g/mol. The molecule has 0 saturated heterocycles. The van der Waals surface area contributed by atoms with Gasteiger partial charge in [0.1, 0.15) is 5.75 Å². The van der Waals surface area contributed by atoms with Gasteiger partial charge in [0.15, 0.2) is 5.78 Å². The van der Waals surface area contributed by atoms with Crippen molar-refractivity contribution in [2.75, 3.05) is 6.61 Å². The van der Waals surface area contributed by atoms with Gasteiger partial charge in [-0.2, -0.15) is 0 Å². The largest absolute Gasteiger partial charge is 0.507 e. The second-order valence-electron chi connectivity index (χ2n) is 4.12. The average molecular weight is 222 g/mol. The number of phenols is 1. The minimum atomic E-state index is -0.142. The van der Waals surface area contributed by atoms with Crippen LogP contribution in [0.15, 0.2) is 0 Å². The Labute approximate surface area is 95.7 Å². The lowest BCUT2D eigenvalue weighted by molar-refractivity contribution is 0.0955. The Morgan fingerprint density at radius 1 is 1.00 bits per heavy atom. The van der Waals surface area contributed by atoms with Gasteiger partial charge in [0.2, 0.25) is 0 Å². The molecular formula is C13H18O3. The third kappa shape index (κ3) is 1.95. The summed E-state index contributed by atoms with van der Waals surface area (Å²) in [6, 6.07) is 0. The number of Topliss-reactive ketones (excluding diaryl/α,β-unsaturated/α-hetero) is 1. The number of hydrogen-bond donors (Lipinski definition) is 2. The smallest absolute Gasteiger partial charge is 0.165 e. The molecule has 0 heterocycles. The molecule has 0 aliphatic carbocycles. The zero-order chi connectivity index (χ0) is 12.5. The molecule has 1 aromatic carbocycles. The summed E-state index contributed by atoms with van der Waals surface area (Å²) in [5.41, 5.74) is 3.73. The number of benzene rings is 1. The van der Waals surface area contributed by atoms with Crippen LogP contribution in [0.3, 0.4) is 0 Å². The van der Waals surface area contributed by atoms with E-state index in [0.717, 1.165) is 22.3 Å². The molecule has 0 saturated carbocycles. The number of aliphatic hydroxyl groups is 1. The van der Waals surface area contributed by atoms with E-state index in [1.165, 1.54) is 0 Å². The van der Waals surface area contributed by atoms with Crippen molar-refractivity contribution in [1.82, 2.24) is 0 Å². The Morgan fingerprint density at radius 3 is 1.81 bits per heavy atom. The maximum atomic E-state index is 11.9. The SMILES string of the molecule is Cc1c(C)c(C(=O)CCO)c(C)c(C)c1O. The molecule has 0 fully saturated rings. The van der Waals surface area contributed by atoms with E-state index in [1.54, 1.807) is 13.8 Å². The van der Waals surface area contributed by atoms with Crippen LogP contribution in [-0.2, 0) is 0 Å². The van der Waals surface area contributed by atoms with E-state index in [-0.39, 0.29) is 24.6 Å². The number of phenolic OH excluding ortho intramolecular Hbond substituents is 1. The van der Waals surface area contributed by atoms with Gasteiger partial charge >= 0.3 is 0 Å². The van der Waals surface area contributed by atoms with Gasteiger partial charge in [0, 0.05) is 12.0 Å². The summed E-state index contributed by atoms with van der Waals surface area (Å²) in [4.78, 5) is 11.9. The quantitative estimate of drug-likeness (QED) is 0.771. The van der Waals surface area contributed by atoms with E-state index < -0.39 is 0 Å². The molecule has 88 valence electrons. The summed E-state index contributed by atoms with van der Waals surface area (Å²) in [5.74, 6) is 0.194. The normalized spacial score (nSPS) is 10.6. The average Bonchev–Trinajstić information content (AvgIpc) is 2.24. The number of hydrogen-bond acceptors (Lipinski definition) is 3. The molecule has 0 unspecified atom stereocenters. The predicted molar refractivity (Wildman–Crippen MR) is 63.1 cm³/mol. The van der Waals surface area contributed by atoms with Crippen molar-refractivity contribution in [2.45, 2.75) is 34.1 Å². The first-order valence-corrected chi connectivity index (χ1v) is 5.35. The molecule has 1 rings (SSSR count). The highest BCUT2D eigenvalue weighted by Gasteiger charge is 2.18. The molecule has 0 bridgehead atoms. The number of rotatable bonds is 3. The topological polar surface area (TPSA) is 57.5 Å². The zero-order valence-corrected chi connectivity index (χ0v) is 10.2. The molecule has 0 aliphatic heterocycles. The Kier molecular flexibility index (Phi) is 3.70. The molecule has 2 N–H and O–H groups in total. The van der Waals surface area contributed by atoms with Crippen LogP contribution >= 0.6 is 0 Å². The van der Waals surface area contributed by atoms with Crippen molar-refractivity contribution >= 4 is 5.78 Å². The van der Waals surface area contributed by atoms with Crippen LogP contribution in [0.1, 0.15) is 39.0 Å². The summed E-state index contributed by atoms with van der Waals surface area (Å²) >= 11 is 0. The van der Waals surface area contributed by atoms with Crippen LogP contribution in [0.4, 0.5) is 0 Å². The number of aromatic hydroxyl groups is 1. The first-order chi connectivity index (χ1) is 7.41. The molecule has 3 heteroatoms. The predicted octanol–water partition coefficient (Wildman–Crippen LogP) is 2.19. The molecule has 0 atom stereocenters. The van der Waals surface area contributed by atoms with Gasteiger partial charge in [-0.15, -0.1) is 0 Å². The summed E-state index contributed by atoms with van der Waals surface area (Å²) in [6.07, 6.45) is 0.130. The van der Waals surface area contributed by atoms with Crippen molar-refractivity contribution in [3.63, 3.8) is 0 Å². The Balaban J connectivity index is 3.45. The first-order valence-electron chi connectivity index (χ1n) is 5.35. The van der Waals surface area contributed by atoms with E-state index in [9.17, 15) is 9.90 Å². The van der Waals surface area contributed by atoms with Crippen molar-refractivity contribution < 1.29 is 15.0 Å². The summed E-state index contributed by atoms with van der Waals surface area (Å²) in [7, 11) is 0. The van der Waals surface area contributed by atoms with E-state index in [1.807, 2.05) is 13.8 Å². The van der Waals surface area contributed by atoms with E-state index in [2.05, 4.69) is 0 Å². The summed E-state index contributed by atoms with van der Waals surface area (Å²) in [5, 5.41) is 18.6. The van der Waals surface area contributed by atoms with Gasteiger partial charge < -0.3 is 10.2 Å². The van der Waals surface area contributed by atoms with E-state index in [4.69, 9.17) is 5.11 Å². The van der Waals surface area contributed by atoms with Crippen molar-refractivity contribution in [1.29, 1.82) is 0 Å². The molecule has 16 heavy (non-hydrogen) atoms. The Hall–Kier alpha value is -1.35. The fourth-order valence-corrected chi connectivity index (χ4v) is 1.94. The second-order valence-corrected chi connectivity index (χ2v) is 4.12. The highest BCUT2D eigenvalue weighted by Crippen LogP contribution is 2.31. The molecule has 0 spiro atoms. The van der Waals surface area contributed by atoms with E-state index >= 15 is 0 Å². The second kappa shape index (κ2) is 4.66. The van der Waals surface area contributed by atoms with Gasteiger partial charge in [0.05, 0.1) is 6.61 Å². The van der Waals surface area contributed by atoms with E-state index in [0.29, 0.717) is 5.56 Å². The summed E-state index contributed by atoms with van der Waals surface area (Å²) in [6.45, 7) is 7.11. The fraction of sp³-hybridized carbons (Fsp3) is 0.462.